The van der Waals surface area contributed by atoms with E-state index in [1.807, 2.05) is 0 Å². The van der Waals surface area contributed by atoms with Crippen molar-refractivity contribution in [3.63, 3.8) is 0 Å². The summed E-state index contributed by atoms with van der Waals surface area (Å²) in [5.74, 6) is 0. The van der Waals surface area contributed by atoms with Crippen LogP contribution in [0.15, 0.2) is 0 Å². The van der Waals surface area contributed by atoms with Gasteiger partial charge in [-0.15, -0.1) is 0 Å². The largest absolute Gasteiger partial charge is 0.401 e. The molecule has 1 N–H and O–H groups in total. The van der Waals surface area contributed by atoms with Crippen molar-refractivity contribution in [1.29, 1.82) is 0 Å². The molecule has 1 aliphatic carbocycles. The highest BCUT2D eigenvalue weighted by molar-refractivity contribution is 5.74. The molecular formula is C16H27F3N4O. The fraction of sp³-hybridized carbons (Fsp3) is 0.938. The van der Waals surface area contributed by atoms with Gasteiger partial charge in [0.1, 0.15) is 0 Å². The summed E-state index contributed by atoms with van der Waals surface area (Å²) < 4.78 is 37.5. The maximum Gasteiger partial charge on any atom is 0.401 e. The van der Waals surface area contributed by atoms with Crippen LogP contribution in [0.2, 0.25) is 0 Å². The number of amides is 2. The molecule has 1 saturated carbocycles. The minimum Gasteiger partial charge on any atom is -0.335 e. The van der Waals surface area contributed by atoms with Gasteiger partial charge in [-0.1, -0.05) is 0 Å². The average Bonchev–Trinajstić information content (AvgIpc) is 3.33. The lowest BCUT2D eigenvalue weighted by Crippen LogP contribution is -2.50. The average molecular weight is 348 g/mol. The van der Waals surface area contributed by atoms with Gasteiger partial charge in [-0.25, -0.2) is 4.79 Å². The smallest absolute Gasteiger partial charge is 0.335 e. The molecule has 2 heterocycles. The van der Waals surface area contributed by atoms with E-state index >= 15 is 0 Å². The number of urea groups is 1. The second-order valence-corrected chi connectivity index (χ2v) is 7.22. The molecule has 24 heavy (non-hydrogen) atoms. The fourth-order valence-corrected chi connectivity index (χ4v) is 3.70. The van der Waals surface area contributed by atoms with Crippen molar-refractivity contribution in [2.75, 3.05) is 45.8 Å². The van der Waals surface area contributed by atoms with E-state index in [0.29, 0.717) is 26.1 Å². The number of halogens is 3. The molecule has 5 nitrogen and oxygen atoms in total. The lowest BCUT2D eigenvalue weighted by Gasteiger charge is -2.33. The van der Waals surface area contributed by atoms with E-state index in [4.69, 9.17) is 0 Å². The van der Waals surface area contributed by atoms with E-state index in [2.05, 4.69) is 10.2 Å². The molecule has 0 spiro atoms. The third-order valence-corrected chi connectivity index (χ3v) is 5.20. The van der Waals surface area contributed by atoms with Crippen LogP contribution in [0, 0.1) is 0 Å². The second kappa shape index (κ2) is 7.47. The Labute approximate surface area is 141 Å². The van der Waals surface area contributed by atoms with Crippen LogP contribution < -0.4 is 5.32 Å². The maximum atomic E-state index is 12.5. The monoisotopic (exact) mass is 348 g/mol. The molecule has 0 bridgehead atoms. The Hall–Kier alpha value is -1.02. The Morgan fingerprint density at radius 2 is 1.67 bits per heavy atom. The van der Waals surface area contributed by atoms with Gasteiger partial charge >= 0.3 is 12.2 Å². The zero-order valence-corrected chi connectivity index (χ0v) is 14.0. The Balaban J connectivity index is 1.40. The summed E-state index contributed by atoms with van der Waals surface area (Å²) in [7, 11) is 0. The topological polar surface area (TPSA) is 38.8 Å². The third-order valence-electron chi connectivity index (χ3n) is 5.20. The van der Waals surface area contributed by atoms with Crippen LogP contribution in [0.3, 0.4) is 0 Å². The number of hydrogen-bond donors (Lipinski definition) is 1. The van der Waals surface area contributed by atoms with Gasteiger partial charge in [0, 0.05) is 51.4 Å². The van der Waals surface area contributed by atoms with E-state index in [1.54, 1.807) is 4.90 Å². The van der Waals surface area contributed by atoms with Crippen molar-refractivity contribution in [1.82, 2.24) is 20.0 Å². The van der Waals surface area contributed by atoms with Gasteiger partial charge in [0.15, 0.2) is 0 Å². The molecule has 2 saturated heterocycles. The lowest BCUT2D eigenvalue weighted by atomic mass is 10.1. The van der Waals surface area contributed by atoms with Gasteiger partial charge in [-0.3, -0.25) is 4.90 Å². The predicted octanol–water partition coefficient (Wildman–Crippen LogP) is 1.89. The Bertz CT molecular complexity index is 434. The maximum absolute atomic E-state index is 12.5. The van der Waals surface area contributed by atoms with E-state index < -0.39 is 12.7 Å². The molecule has 0 aromatic carbocycles. The molecule has 3 fully saturated rings. The number of alkyl halides is 3. The Kier molecular flexibility index (Phi) is 5.54. The van der Waals surface area contributed by atoms with Gasteiger partial charge in [0.2, 0.25) is 0 Å². The van der Waals surface area contributed by atoms with Crippen molar-refractivity contribution in [2.24, 2.45) is 0 Å². The van der Waals surface area contributed by atoms with E-state index in [9.17, 15) is 18.0 Å². The van der Waals surface area contributed by atoms with Crippen molar-refractivity contribution in [2.45, 2.75) is 50.4 Å². The molecule has 0 atom stereocenters. The van der Waals surface area contributed by atoms with Crippen LogP contribution in [-0.4, -0.2) is 84.8 Å². The number of nitrogens with one attached hydrogen (secondary N) is 1. The van der Waals surface area contributed by atoms with Crippen molar-refractivity contribution in [3.8, 4) is 0 Å². The standard InChI is InChI=1S/C16H27F3N4O/c17-16(18,19)12-21-6-1-7-23(11-10-21)15(24)20-13-4-8-22(9-5-13)14-2-3-14/h13-14H,1-12H2,(H,20,24). The van der Waals surface area contributed by atoms with Gasteiger partial charge in [-0.2, -0.15) is 13.2 Å². The van der Waals surface area contributed by atoms with Crippen LogP contribution in [0.1, 0.15) is 32.1 Å². The van der Waals surface area contributed by atoms with Crippen LogP contribution in [0.25, 0.3) is 0 Å². The van der Waals surface area contributed by atoms with Crippen molar-refractivity contribution >= 4 is 6.03 Å². The second-order valence-electron chi connectivity index (χ2n) is 7.22. The molecule has 3 rings (SSSR count). The molecule has 0 radical (unpaired) electrons. The summed E-state index contributed by atoms with van der Waals surface area (Å²) in [5.41, 5.74) is 0. The molecule has 0 unspecified atom stereocenters. The van der Waals surface area contributed by atoms with Gasteiger partial charge in [0.25, 0.3) is 0 Å². The Morgan fingerprint density at radius 1 is 0.958 bits per heavy atom. The third kappa shape index (κ3) is 5.24. The fourth-order valence-electron chi connectivity index (χ4n) is 3.70. The minimum absolute atomic E-state index is 0.117. The normalized spacial score (nSPS) is 25.5. The van der Waals surface area contributed by atoms with Crippen molar-refractivity contribution in [3.05, 3.63) is 0 Å². The summed E-state index contributed by atoms with van der Waals surface area (Å²) >= 11 is 0. The number of hydrogen-bond acceptors (Lipinski definition) is 3. The quantitative estimate of drug-likeness (QED) is 0.847. The van der Waals surface area contributed by atoms with Crippen LogP contribution in [0.4, 0.5) is 18.0 Å². The summed E-state index contributed by atoms with van der Waals surface area (Å²) in [4.78, 5) is 18.0. The minimum atomic E-state index is -4.17. The number of likely N-dealkylation sites (tertiary alicyclic amines) is 1. The zero-order chi connectivity index (χ0) is 17.2. The molecule has 2 amide bonds. The number of piperidine rings is 1. The van der Waals surface area contributed by atoms with Gasteiger partial charge < -0.3 is 15.1 Å². The predicted molar refractivity (Wildman–Crippen MR) is 84.8 cm³/mol. The Morgan fingerprint density at radius 3 is 2.29 bits per heavy atom. The molecule has 138 valence electrons. The summed E-state index contributed by atoms with van der Waals surface area (Å²) in [6, 6.07) is 0.850. The number of rotatable bonds is 3. The highest BCUT2D eigenvalue weighted by Crippen LogP contribution is 2.29. The lowest BCUT2D eigenvalue weighted by molar-refractivity contribution is -0.145. The SMILES string of the molecule is O=C(NC1CCN(C2CC2)CC1)N1CCCN(CC(F)(F)F)CC1. The van der Waals surface area contributed by atoms with Crippen molar-refractivity contribution < 1.29 is 18.0 Å². The highest BCUT2D eigenvalue weighted by Gasteiger charge is 2.34. The summed E-state index contributed by atoms with van der Waals surface area (Å²) in [5, 5.41) is 3.08. The number of carbonyl (C=O) groups excluding carboxylic acids is 1. The molecular weight excluding hydrogens is 321 g/mol. The van der Waals surface area contributed by atoms with E-state index in [-0.39, 0.29) is 18.6 Å². The first-order valence-electron chi connectivity index (χ1n) is 8.99. The van der Waals surface area contributed by atoms with Crippen LogP contribution in [-0.2, 0) is 0 Å². The molecule has 0 aromatic heterocycles. The first-order chi connectivity index (χ1) is 11.4. The number of nitrogens with zero attached hydrogens (tertiary/aromatic N) is 3. The highest BCUT2D eigenvalue weighted by atomic mass is 19.4. The summed E-state index contributed by atoms with van der Waals surface area (Å²) in [6.07, 6.45) is 0.960. The molecule has 2 aliphatic heterocycles. The molecule has 8 heteroatoms. The first-order valence-corrected chi connectivity index (χ1v) is 8.99. The summed E-state index contributed by atoms with van der Waals surface area (Å²) in [6.45, 7) is 2.76. The van der Waals surface area contributed by atoms with Crippen LogP contribution >= 0.6 is 0 Å². The van der Waals surface area contributed by atoms with Gasteiger partial charge in [-0.05, 0) is 32.1 Å². The van der Waals surface area contributed by atoms with Gasteiger partial charge in [0.05, 0.1) is 6.54 Å². The van der Waals surface area contributed by atoms with Crippen LogP contribution in [0.5, 0.6) is 0 Å². The molecule has 3 aliphatic rings. The number of carbonyl (C=O) groups is 1. The van der Waals surface area contributed by atoms with E-state index in [0.717, 1.165) is 32.0 Å². The first kappa shape index (κ1) is 17.8. The van der Waals surface area contributed by atoms with E-state index in [1.165, 1.54) is 17.7 Å². The molecule has 0 aromatic rings. The zero-order valence-electron chi connectivity index (χ0n) is 14.0.